The Morgan fingerprint density at radius 3 is 1.90 bits per heavy atom. The van der Waals surface area contributed by atoms with Crippen LogP contribution >= 0.6 is 0 Å². The number of amides is 4. The molecule has 1 aliphatic heterocycles. The quantitative estimate of drug-likeness (QED) is 0.0427. The largest absolute Gasteiger partial charge is 0.493 e. The molecule has 0 spiro atoms. The molecule has 16 nitrogen and oxygen atoms in total. The highest BCUT2D eigenvalue weighted by Crippen LogP contribution is 2.41. The Balaban J connectivity index is 1.54. The molecule has 4 N–H and O–H groups in total. The molecule has 0 fully saturated rings. The van der Waals surface area contributed by atoms with Crippen molar-refractivity contribution in [2.24, 2.45) is 11.8 Å². The third kappa shape index (κ3) is 18.8. The van der Waals surface area contributed by atoms with Crippen molar-refractivity contribution in [2.75, 3.05) is 33.4 Å². The number of benzene rings is 4. The van der Waals surface area contributed by atoms with Gasteiger partial charge in [0.05, 0.1) is 13.2 Å². The Kier molecular flexibility index (Phi) is 22.2. The summed E-state index contributed by atoms with van der Waals surface area (Å²) in [6.45, 7) is 16.9. The summed E-state index contributed by atoms with van der Waals surface area (Å²) in [7, 11) is 1.51. The van der Waals surface area contributed by atoms with Gasteiger partial charge in [0.2, 0.25) is 11.8 Å². The Bertz CT molecular complexity index is 2670. The van der Waals surface area contributed by atoms with Gasteiger partial charge < -0.3 is 44.9 Å². The second-order valence-electron chi connectivity index (χ2n) is 21.9. The number of fused-ring (bicyclic) bond motifs is 5. The van der Waals surface area contributed by atoms with E-state index in [9.17, 15) is 33.9 Å². The molecule has 1 heterocycles. The maximum absolute atomic E-state index is 15.2. The molecule has 4 atom stereocenters. The van der Waals surface area contributed by atoms with E-state index in [1.807, 2.05) is 19.1 Å². The number of likely N-dealkylation sites (N-methyl/N-ethyl adjacent to an activating group) is 1. The number of unbranched alkanes of at least 4 members (excludes halogenated alkanes) is 2. The summed E-state index contributed by atoms with van der Waals surface area (Å²) in [6, 6.07) is 23.3. The molecule has 0 unspecified atom stereocenters. The minimum Gasteiger partial charge on any atom is -0.493 e. The Morgan fingerprint density at radius 2 is 1.30 bits per heavy atom. The first-order chi connectivity index (χ1) is 36.5. The number of carboxylic acid groups (broad SMARTS) is 1. The molecule has 0 aliphatic carbocycles. The van der Waals surface area contributed by atoms with Crippen LogP contribution in [0.3, 0.4) is 0 Å². The van der Waals surface area contributed by atoms with Crippen LogP contribution in [0.2, 0.25) is 0 Å². The van der Waals surface area contributed by atoms with E-state index in [-0.39, 0.29) is 51.2 Å². The molecule has 4 aromatic rings. The summed E-state index contributed by atoms with van der Waals surface area (Å²) >= 11 is 0. The lowest BCUT2D eigenvalue weighted by Gasteiger charge is -2.32. The molecular formula is C61H80N4O12. The third-order valence-electron chi connectivity index (χ3n) is 12.9. The number of hydrogen-bond donors (Lipinski definition) is 4. The van der Waals surface area contributed by atoms with E-state index in [0.29, 0.717) is 65.2 Å². The number of hydrogen-bond acceptors (Lipinski definition) is 11. The number of nitrogens with zero attached hydrogens (tertiary/aromatic N) is 1. The van der Waals surface area contributed by atoms with Crippen molar-refractivity contribution in [1.29, 1.82) is 0 Å². The van der Waals surface area contributed by atoms with Crippen molar-refractivity contribution >= 4 is 41.5 Å². The maximum Gasteiger partial charge on any atom is 0.407 e. The van der Waals surface area contributed by atoms with Gasteiger partial charge in [0.15, 0.2) is 11.6 Å². The molecule has 4 bridgehead atoms. The smallest absolute Gasteiger partial charge is 0.407 e. The number of aryl methyl sites for hydroxylation is 1. The molecule has 0 saturated heterocycles. The van der Waals surface area contributed by atoms with Crippen LogP contribution in [0.5, 0.6) is 11.5 Å². The Hall–Kier alpha value is -7.23. The average Bonchev–Trinajstić information content (AvgIpc) is 3.37. The number of Topliss-reactive ketones (excluding diaryl/α,β-unsaturated/α-hetero) is 2. The van der Waals surface area contributed by atoms with Gasteiger partial charge in [-0.05, 0) is 126 Å². The standard InChI is InChI=1S/C61H80N4O12/c1-11-13-16-40-18-21-42(22-19-40)43-23-25-44(26-24-43)50(66)38-46(17-14-15-30-62-58(72)76-60(4,5)6)56(69)65(10)54-45-27-29-53(74-32-12-2)48(37-45)47-35-41(36-49(57(70)71)64-55(68)39(3)34-51(54)67)20-28-52(47)75-33-31-63-59(73)77-61(7,8)9/h18-29,35,37,39,46,49,54H,11-17,30-34,36,38H2,1-10H3,(H,62,72)(H,63,73)(H,64,68)(H,70,71)/t39-,46-,49+,54+/m1/s1. The van der Waals surface area contributed by atoms with Gasteiger partial charge in [0, 0.05) is 61.4 Å². The Labute approximate surface area is 454 Å². The van der Waals surface area contributed by atoms with E-state index < -0.39 is 70.9 Å². The minimum atomic E-state index is -1.36. The fourth-order valence-electron chi connectivity index (χ4n) is 9.00. The van der Waals surface area contributed by atoms with E-state index >= 15 is 4.79 Å². The second kappa shape index (κ2) is 28.2. The highest BCUT2D eigenvalue weighted by molar-refractivity contribution is 6.00. The molecule has 0 aromatic heterocycles. The van der Waals surface area contributed by atoms with Crippen molar-refractivity contribution in [3.05, 3.63) is 107 Å². The number of rotatable bonds is 22. The topological polar surface area (TPSA) is 216 Å². The second-order valence-corrected chi connectivity index (χ2v) is 21.9. The lowest BCUT2D eigenvalue weighted by Crippen LogP contribution is -2.45. The van der Waals surface area contributed by atoms with Crippen molar-refractivity contribution in [3.8, 4) is 33.8 Å². The number of ketones is 2. The molecule has 0 saturated carbocycles. The predicted molar refractivity (Wildman–Crippen MR) is 296 cm³/mol. The van der Waals surface area contributed by atoms with Crippen LogP contribution in [0, 0.1) is 11.8 Å². The van der Waals surface area contributed by atoms with Crippen molar-refractivity contribution in [3.63, 3.8) is 0 Å². The Morgan fingerprint density at radius 1 is 0.714 bits per heavy atom. The molecule has 5 rings (SSSR count). The van der Waals surface area contributed by atoms with Crippen LogP contribution in [0.1, 0.15) is 147 Å². The molecule has 77 heavy (non-hydrogen) atoms. The monoisotopic (exact) mass is 1060 g/mol. The highest BCUT2D eigenvalue weighted by Gasteiger charge is 2.36. The number of carbonyl (C=O) groups excluding carboxylic acids is 6. The van der Waals surface area contributed by atoms with Gasteiger partial charge in [0.25, 0.3) is 0 Å². The van der Waals surface area contributed by atoms with E-state index in [0.717, 1.165) is 30.4 Å². The van der Waals surface area contributed by atoms with Gasteiger partial charge in [-0.15, -0.1) is 0 Å². The summed E-state index contributed by atoms with van der Waals surface area (Å²) < 4.78 is 23.4. The zero-order chi connectivity index (χ0) is 56.5. The molecule has 16 heteroatoms. The third-order valence-corrected chi connectivity index (χ3v) is 12.9. The van der Waals surface area contributed by atoms with Gasteiger partial charge in [-0.2, -0.15) is 0 Å². The summed E-state index contributed by atoms with van der Waals surface area (Å²) in [5, 5.41) is 18.4. The van der Waals surface area contributed by atoms with Gasteiger partial charge in [-0.1, -0.05) is 94.3 Å². The summed E-state index contributed by atoms with van der Waals surface area (Å²) in [5.74, 6) is -4.34. The molecule has 4 amide bonds. The van der Waals surface area contributed by atoms with Crippen LogP contribution in [0.25, 0.3) is 22.3 Å². The highest BCUT2D eigenvalue weighted by atomic mass is 16.6. The first-order valence-electron chi connectivity index (χ1n) is 27.0. The summed E-state index contributed by atoms with van der Waals surface area (Å²) in [6.07, 6.45) is 3.16. The molecule has 1 aliphatic rings. The van der Waals surface area contributed by atoms with E-state index in [4.69, 9.17) is 18.9 Å². The van der Waals surface area contributed by atoms with E-state index in [2.05, 4.69) is 47.1 Å². The summed E-state index contributed by atoms with van der Waals surface area (Å²) in [5.41, 5.74) is 4.10. The first-order valence-corrected chi connectivity index (χ1v) is 27.0. The van der Waals surface area contributed by atoms with Crippen LogP contribution in [-0.2, 0) is 41.5 Å². The van der Waals surface area contributed by atoms with Crippen LogP contribution in [-0.4, -0.2) is 102 Å². The zero-order valence-electron chi connectivity index (χ0n) is 46.7. The van der Waals surface area contributed by atoms with Crippen LogP contribution < -0.4 is 25.4 Å². The molecule has 4 aromatic carbocycles. The SMILES string of the molecule is CCCCc1ccc(-c2ccc(C(=O)C[C@@H](CCCCNC(=O)OC(C)(C)C)C(=O)N(C)[C@@H]3C(=O)C[C@@H](C)C(=O)N[C@H](C(=O)O)Cc4ccc(OCCNC(=O)OC(C)(C)C)c(c4)-c4cc3ccc4OCCC)cc2)cc1. The van der Waals surface area contributed by atoms with E-state index in [1.165, 1.54) is 24.4 Å². The number of carboxylic acids is 1. The van der Waals surface area contributed by atoms with Gasteiger partial charge >= 0.3 is 18.2 Å². The summed E-state index contributed by atoms with van der Waals surface area (Å²) in [4.78, 5) is 97.2. The number of ether oxygens (including phenoxy) is 4. The van der Waals surface area contributed by atoms with Gasteiger partial charge in [-0.3, -0.25) is 19.2 Å². The number of aliphatic carboxylic acids is 1. The number of nitrogens with one attached hydrogen (secondary N) is 3. The van der Waals surface area contributed by atoms with Gasteiger partial charge in [-0.25, -0.2) is 14.4 Å². The lowest BCUT2D eigenvalue weighted by molar-refractivity contribution is -0.144. The normalized spacial score (nSPS) is 16.2. The first kappa shape index (κ1) is 60.6. The zero-order valence-corrected chi connectivity index (χ0v) is 46.7. The fourth-order valence-corrected chi connectivity index (χ4v) is 9.00. The molecular weight excluding hydrogens is 981 g/mol. The van der Waals surface area contributed by atoms with Gasteiger partial charge in [0.1, 0.15) is 41.4 Å². The van der Waals surface area contributed by atoms with Crippen LogP contribution in [0.4, 0.5) is 9.59 Å². The van der Waals surface area contributed by atoms with Crippen molar-refractivity contribution < 1.29 is 57.6 Å². The average molecular weight is 1060 g/mol. The van der Waals surface area contributed by atoms with Crippen molar-refractivity contribution in [2.45, 2.75) is 150 Å². The fraction of sp³-hybridized carbons (Fsp3) is 0.492. The van der Waals surface area contributed by atoms with E-state index in [1.54, 1.807) is 90.1 Å². The maximum atomic E-state index is 15.2. The predicted octanol–water partition coefficient (Wildman–Crippen LogP) is 10.9. The minimum absolute atomic E-state index is 0.00871. The lowest BCUT2D eigenvalue weighted by atomic mass is 9.88. The van der Waals surface area contributed by atoms with Crippen molar-refractivity contribution in [1.82, 2.24) is 20.9 Å². The number of carbonyl (C=O) groups is 7. The molecule has 416 valence electrons. The van der Waals surface area contributed by atoms with Crippen LogP contribution in [0.15, 0.2) is 84.9 Å². The number of alkyl carbamates (subject to hydrolysis) is 2. The molecule has 0 radical (unpaired) electrons.